The van der Waals surface area contributed by atoms with Crippen LogP contribution in [0.1, 0.15) is 12.2 Å². The van der Waals surface area contributed by atoms with E-state index < -0.39 is 11.9 Å². The van der Waals surface area contributed by atoms with Crippen molar-refractivity contribution in [2.75, 3.05) is 6.54 Å². The summed E-state index contributed by atoms with van der Waals surface area (Å²) in [5, 5.41) is 12.9. The molecule has 3 rings (SSSR count). The molecule has 108 valence electrons. The van der Waals surface area contributed by atoms with Gasteiger partial charge in [0.1, 0.15) is 5.69 Å². The lowest BCUT2D eigenvalue weighted by molar-refractivity contribution is -0.141. The summed E-state index contributed by atoms with van der Waals surface area (Å²) >= 11 is 0. The SMILES string of the molecule is O=C(O)[C@@H]1CC(=O)N(Cc2cc(-c3ccccn3)no2)C1. The number of hydrogen-bond acceptors (Lipinski definition) is 5. The molecule has 7 nitrogen and oxygen atoms in total. The Kier molecular flexibility index (Phi) is 3.39. The van der Waals surface area contributed by atoms with Crippen molar-refractivity contribution in [2.24, 2.45) is 5.92 Å². The van der Waals surface area contributed by atoms with Gasteiger partial charge in [0.2, 0.25) is 5.91 Å². The predicted octanol–water partition coefficient (Wildman–Crippen LogP) is 1.17. The number of carboxylic acids is 1. The van der Waals surface area contributed by atoms with Gasteiger partial charge < -0.3 is 14.5 Å². The third-order valence-corrected chi connectivity index (χ3v) is 3.40. The molecular formula is C14H13N3O4. The van der Waals surface area contributed by atoms with Crippen molar-refractivity contribution >= 4 is 11.9 Å². The molecule has 1 fully saturated rings. The van der Waals surface area contributed by atoms with Crippen molar-refractivity contribution in [1.29, 1.82) is 0 Å². The standard InChI is InChI=1S/C14H13N3O4/c18-13-5-9(14(19)20)7-17(13)8-10-6-12(16-21-10)11-3-1-2-4-15-11/h1-4,6,9H,5,7-8H2,(H,19,20)/t9-/m1/s1. The quantitative estimate of drug-likeness (QED) is 0.906. The van der Waals surface area contributed by atoms with Gasteiger partial charge in [-0.3, -0.25) is 14.6 Å². The molecule has 1 atom stereocenters. The number of hydrogen-bond donors (Lipinski definition) is 1. The third kappa shape index (κ3) is 2.76. The summed E-state index contributed by atoms with van der Waals surface area (Å²) in [5.74, 6) is -1.26. The predicted molar refractivity (Wildman–Crippen MR) is 70.9 cm³/mol. The molecule has 21 heavy (non-hydrogen) atoms. The molecule has 3 heterocycles. The molecule has 0 saturated carbocycles. The average Bonchev–Trinajstić information content (AvgIpc) is 3.08. The van der Waals surface area contributed by atoms with Crippen molar-refractivity contribution in [3.05, 3.63) is 36.2 Å². The average molecular weight is 287 g/mol. The summed E-state index contributed by atoms with van der Waals surface area (Å²) in [7, 11) is 0. The van der Waals surface area contributed by atoms with Crippen LogP contribution in [0.15, 0.2) is 35.0 Å². The first-order chi connectivity index (χ1) is 10.1. The van der Waals surface area contributed by atoms with Gasteiger partial charge in [0.15, 0.2) is 5.76 Å². The fourth-order valence-corrected chi connectivity index (χ4v) is 2.30. The van der Waals surface area contributed by atoms with E-state index in [9.17, 15) is 9.59 Å². The van der Waals surface area contributed by atoms with Gasteiger partial charge in [-0.25, -0.2) is 0 Å². The first-order valence-electron chi connectivity index (χ1n) is 6.51. The zero-order valence-electron chi connectivity index (χ0n) is 11.1. The van der Waals surface area contributed by atoms with Crippen LogP contribution in [-0.2, 0) is 16.1 Å². The lowest BCUT2D eigenvalue weighted by atomic mass is 10.1. The first kappa shape index (κ1) is 13.3. The number of likely N-dealkylation sites (tertiary alicyclic amines) is 1. The fraction of sp³-hybridized carbons (Fsp3) is 0.286. The molecule has 0 spiro atoms. The van der Waals surface area contributed by atoms with Crippen LogP contribution in [0.25, 0.3) is 11.4 Å². The maximum Gasteiger partial charge on any atom is 0.308 e. The van der Waals surface area contributed by atoms with Crippen LogP contribution >= 0.6 is 0 Å². The monoisotopic (exact) mass is 287 g/mol. The second-order valence-corrected chi connectivity index (χ2v) is 4.91. The summed E-state index contributed by atoms with van der Waals surface area (Å²) in [6.45, 7) is 0.427. The Balaban J connectivity index is 1.71. The number of amides is 1. The Hall–Kier alpha value is -2.70. The highest BCUT2D eigenvalue weighted by Crippen LogP contribution is 2.22. The van der Waals surface area contributed by atoms with Gasteiger partial charge in [0.05, 0.1) is 18.2 Å². The Bertz CT molecular complexity index is 668. The van der Waals surface area contributed by atoms with Crippen LogP contribution in [0.5, 0.6) is 0 Å². The molecule has 0 aliphatic carbocycles. The van der Waals surface area contributed by atoms with Crippen molar-refractivity contribution in [1.82, 2.24) is 15.0 Å². The zero-order valence-corrected chi connectivity index (χ0v) is 11.1. The van der Waals surface area contributed by atoms with Gasteiger partial charge in [-0.2, -0.15) is 0 Å². The van der Waals surface area contributed by atoms with Crippen LogP contribution in [0.3, 0.4) is 0 Å². The Morgan fingerprint density at radius 3 is 2.95 bits per heavy atom. The summed E-state index contributed by atoms with van der Waals surface area (Å²) in [6.07, 6.45) is 1.70. The molecule has 1 saturated heterocycles. The minimum absolute atomic E-state index is 0.0383. The van der Waals surface area contributed by atoms with E-state index in [1.165, 1.54) is 4.90 Å². The maximum absolute atomic E-state index is 11.8. The molecule has 2 aromatic rings. The molecule has 0 aromatic carbocycles. The molecule has 0 radical (unpaired) electrons. The van der Waals surface area contributed by atoms with Crippen molar-refractivity contribution in [3.63, 3.8) is 0 Å². The highest BCUT2D eigenvalue weighted by molar-refractivity contribution is 5.86. The third-order valence-electron chi connectivity index (χ3n) is 3.40. The van der Waals surface area contributed by atoms with Gasteiger partial charge in [-0.15, -0.1) is 0 Å². The Morgan fingerprint density at radius 1 is 1.43 bits per heavy atom. The molecule has 0 bridgehead atoms. The zero-order chi connectivity index (χ0) is 14.8. The number of carbonyl (C=O) groups excluding carboxylic acids is 1. The number of rotatable bonds is 4. The lowest BCUT2D eigenvalue weighted by Crippen LogP contribution is -2.25. The largest absolute Gasteiger partial charge is 0.481 e. The van der Waals surface area contributed by atoms with Gasteiger partial charge in [-0.1, -0.05) is 11.2 Å². The summed E-state index contributed by atoms with van der Waals surface area (Å²) < 4.78 is 5.19. The Labute approximate surface area is 120 Å². The molecule has 1 aliphatic rings. The second-order valence-electron chi connectivity index (χ2n) is 4.91. The van der Waals surface area contributed by atoms with Crippen molar-refractivity contribution in [2.45, 2.75) is 13.0 Å². The van der Waals surface area contributed by atoms with Crippen LogP contribution in [0.2, 0.25) is 0 Å². The van der Waals surface area contributed by atoms with E-state index in [0.29, 0.717) is 17.1 Å². The minimum atomic E-state index is -0.947. The van der Waals surface area contributed by atoms with E-state index in [2.05, 4.69) is 10.1 Å². The van der Waals surface area contributed by atoms with Gasteiger partial charge in [0, 0.05) is 25.2 Å². The van der Waals surface area contributed by atoms with E-state index in [0.717, 1.165) is 0 Å². The second kappa shape index (κ2) is 5.35. The smallest absolute Gasteiger partial charge is 0.308 e. The van der Waals surface area contributed by atoms with Crippen LogP contribution in [0, 0.1) is 5.92 Å². The molecule has 1 amide bonds. The van der Waals surface area contributed by atoms with Crippen LogP contribution in [-0.4, -0.2) is 38.6 Å². The van der Waals surface area contributed by atoms with Gasteiger partial charge >= 0.3 is 5.97 Å². The number of pyridine rings is 1. The van der Waals surface area contributed by atoms with Gasteiger partial charge in [-0.05, 0) is 12.1 Å². The fourth-order valence-electron chi connectivity index (χ4n) is 2.30. The molecule has 1 aliphatic heterocycles. The summed E-state index contributed by atoms with van der Waals surface area (Å²) in [4.78, 5) is 28.3. The summed E-state index contributed by atoms with van der Waals surface area (Å²) in [5.41, 5.74) is 1.27. The molecule has 2 aromatic heterocycles. The Morgan fingerprint density at radius 2 is 2.29 bits per heavy atom. The molecule has 0 unspecified atom stereocenters. The van der Waals surface area contributed by atoms with Crippen molar-refractivity contribution in [3.8, 4) is 11.4 Å². The normalized spacial score (nSPS) is 18.2. The molecule has 1 N–H and O–H groups in total. The van der Waals surface area contributed by atoms with E-state index in [1.54, 1.807) is 18.3 Å². The van der Waals surface area contributed by atoms with E-state index >= 15 is 0 Å². The van der Waals surface area contributed by atoms with Crippen LogP contribution in [0.4, 0.5) is 0 Å². The van der Waals surface area contributed by atoms with E-state index in [1.807, 2.05) is 12.1 Å². The van der Waals surface area contributed by atoms with Gasteiger partial charge in [0.25, 0.3) is 0 Å². The number of aromatic nitrogens is 2. The number of aliphatic carboxylic acids is 1. The van der Waals surface area contributed by atoms with Crippen molar-refractivity contribution < 1.29 is 19.2 Å². The number of nitrogens with zero attached hydrogens (tertiary/aromatic N) is 3. The first-order valence-corrected chi connectivity index (χ1v) is 6.51. The lowest BCUT2D eigenvalue weighted by Gasteiger charge is -2.13. The number of carboxylic acid groups (broad SMARTS) is 1. The summed E-state index contributed by atoms with van der Waals surface area (Å²) in [6, 6.07) is 7.17. The maximum atomic E-state index is 11.8. The highest BCUT2D eigenvalue weighted by Gasteiger charge is 2.34. The topological polar surface area (TPSA) is 96.5 Å². The van der Waals surface area contributed by atoms with Crippen LogP contribution < -0.4 is 0 Å². The number of carbonyl (C=O) groups is 2. The molecule has 7 heteroatoms. The van der Waals surface area contributed by atoms with E-state index in [4.69, 9.17) is 9.63 Å². The highest BCUT2D eigenvalue weighted by atomic mass is 16.5. The minimum Gasteiger partial charge on any atom is -0.481 e. The van der Waals surface area contributed by atoms with E-state index in [-0.39, 0.29) is 25.4 Å². The molecular weight excluding hydrogens is 274 g/mol.